The van der Waals surface area contributed by atoms with E-state index in [1.807, 2.05) is 42.5 Å². The zero-order chi connectivity index (χ0) is 21.9. The minimum atomic E-state index is -0.776. The third kappa shape index (κ3) is 5.77. The molecule has 0 fully saturated rings. The van der Waals surface area contributed by atoms with Gasteiger partial charge < -0.3 is 19.3 Å². The lowest BCUT2D eigenvalue weighted by atomic mass is 9.80. The third-order valence-electron chi connectivity index (χ3n) is 4.92. The number of aliphatic hydroxyl groups excluding tert-OH is 1. The van der Waals surface area contributed by atoms with Crippen LogP contribution in [0.5, 0.6) is 11.5 Å². The van der Waals surface area contributed by atoms with Crippen LogP contribution in [0.2, 0.25) is 0 Å². The number of methoxy groups -OCH3 is 2. The van der Waals surface area contributed by atoms with E-state index in [0.29, 0.717) is 12.4 Å². The minimum absolute atomic E-state index is 0.185. The molecular weight excluding hydrogens is 428 g/mol. The van der Waals surface area contributed by atoms with Crippen LogP contribution in [-0.4, -0.2) is 44.0 Å². The average molecular weight is 457 g/mol. The molecule has 0 aliphatic carbocycles. The summed E-state index contributed by atoms with van der Waals surface area (Å²) < 4.78 is 17.5. The second-order valence-electron chi connectivity index (χ2n) is 6.72. The summed E-state index contributed by atoms with van der Waals surface area (Å²) in [5.74, 6) is 3.13. The summed E-state index contributed by atoms with van der Waals surface area (Å²) in [7, 11) is 6.70. The maximum absolute atomic E-state index is 9.00. The van der Waals surface area contributed by atoms with Crippen molar-refractivity contribution < 1.29 is 19.3 Å². The van der Waals surface area contributed by atoms with Crippen LogP contribution in [0.25, 0.3) is 0 Å². The maximum Gasteiger partial charge on any atom is 0.143 e. The van der Waals surface area contributed by atoms with Gasteiger partial charge in [0.05, 0.1) is 27.4 Å². The van der Waals surface area contributed by atoms with Gasteiger partial charge in [-0.05, 0) is 41.0 Å². The molecular formula is C25H28O4S2. The Morgan fingerprint density at radius 3 is 1.65 bits per heavy atom. The van der Waals surface area contributed by atoms with Crippen LogP contribution < -0.4 is 9.47 Å². The SMILES string of the molecule is COc1ccc(C(OCCSSCCO)(c2ccccc2)c2ccc(OC)cc2)cc1. The number of hydrogen-bond acceptors (Lipinski definition) is 6. The number of rotatable bonds is 12. The summed E-state index contributed by atoms with van der Waals surface area (Å²) in [6, 6.07) is 26.4. The largest absolute Gasteiger partial charge is 0.497 e. The Labute approximate surface area is 192 Å². The zero-order valence-corrected chi connectivity index (χ0v) is 19.5. The van der Waals surface area contributed by atoms with E-state index in [9.17, 15) is 0 Å². The van der Waals surface area contributed by atoms with E-state index in [-0.39, 0.29) is 6.61 Å². The summed E-state index contributed by atoms with van der Waals surface area (Å²) >= 11 is 0. The summed E-state index contributed by atoms with van der Waals surface area (Å²) in [6.07, 6.45) is 0. The van der Waals surface area contributed by atoms with E-state index in [1.165, 1.54) is 0 Å². The smallest absolute Gasteiger partial charge is 0.143 e. The molecule has 0 aliphatic heterocycles. The molecule has 0 amide bonds. The molecule has 0 spiro atoms. The Hall–Kier alpha value is -2.12. The van der Waals surface area contributed by atoms with E-state index < -0.39 is 5.60 Å². The molecule has 0 unspecified atom stereocenters. The lowest BCUT2D eigenvalue weighted by Crippen LogP contribution is -2.33. The normalized spacial score (nSPS) is 11.3. The molecule has 0 heterocycles. The van der Waals surface area contributed by atoms with Gasteiger partial charge in [-0.1, -0.05) is 76.2 Å². The Kier molecular flexibility index (Phi) is 9.15. The monoisotopic (exact) mass is 456 g/mol. The van der Waals surface area contributed by atoms with Gasteiger partial charge in [0.25, 0.3) is 0 Å². The van der Waals surface area contributed by atoms with E-state index in [2.05, 4.69) is 36.4 Å². The number of hydrogen-bond donors (Lipinski definition) is 1. The van der Waals surface area contributed by atoms with Crippen molar-refractivity contribution in [3.05, 3.63) is 95.6 Å². The fourth-order valence-corrected chi connectivity index (χ4v) is 5.05. The molecule has 6 heteroatoms. The van der Waals surface area contributed by atoms with Crippen molar-refractivity contribution >= 4 is 21.6 Å². The van der Waals surface area contributed by atoms with Gasteiger partial charge in [0.1, 0.15) is 17.1 Å². The molecule has 3 rings (SSSR count). The van der Waals surface area contributed by atoms with Gasteiger partial charge in [-0.25, -0.2) is 0 Å². The van der Waals surface area contributed by atoms with Crippen LogP contribution in [0.4, 0.5) is 0 Å². The van der Waals surface area contributed by atoms with Gasteiger partial charge in [-0.2, -0.15) is 0 Å². The highest BCUT2D eigenvalue weighted by atomic mass is 33.1. The van der Waals surface area contributed by atoms with Gasteiger partial charge in [-0.3, -0.25) is 0 Å². The molecule has 3 aromatic carbocycles. The highest BCUT2D eigenvalue weighted by Gasteiger charge is 2.37. The Balaban J connectivity index is 2.05. The van der Waals surface area contributed by atoms with Crippen LogP contribution in [0.3, 0.4) is 0 Å². The molecule has 0 aromatic heterocycles. The lowest BCUT2D eigenvalue weighted by molar-refractivity contribution is 0.0233. The number of benzene rings is 3. The van der Waals surface area contributed by atoms with Crippen molar-refractivity contribution in [3.8, 4) is 11.5 Å². The third-order valence-corrected chi connectivity index (χ3v) is 7.27. The Morgan fingerprint density at radius 2 is 1.16 bits per heavy atom. The Bertz CT molecular complexity index is 852. The topological polar surface area (TPSA) is 47.9 Å². The summed E-state index contributed by atoms with van der Waals surface area (Å²) in [6.45, 7) is 0.736. The highest BCUT2D eigenvalue weighted by molar-refractivity contribution is 8.76. The van der Waals surface area contributed by atoms with Gasteiger partial charge >= 0.3 is 0 Å². The van der Waals surface area contributed by atoms with Crippen LogP contribution in [0, 0.1) is 0 Å². The molecule has 0 aliphatic rings. The van der Waals surface area contributed by atoms with Crippen molar-refractivity contribution in [2.75, 3.05) is 38.9 Å². The van der Waals surface area contributed by atoms with Gasteiger partial charge in [0.2, 0.25) is 0 Å². The lowest BCUT2D eigenvalue weighted by Gasteiger charge is -2.36. The highest BCUT2D eigenvalue weighted by Crippen LogP contribution is 2.41. The standard InChI is InChI=1S/C25H28O4S2/c1-27-23-12-8-21(9-13-23)25(20-6-4-3-5-7-20,29-17-19-31-30-18-16-26)22-10-14-24(28-2)15-11-22/h3-15,26H,16-19H2,1-2H3. The Morgan fingerprint density at radius 1 is 0.677 bits per heavy atom. The van der Waals surface area contributed by atoms with Crippen LogP contribution in [0.1, 0.15) is 16.7 Å². The minimum Gasteiger partial charge on any atom is -0.497 e. The first-order chi connectivity index (χ1) is 15.2. The molecule has 0 saturated carbocycles. The van der Waals surface area contributed by atoms with Crippen LogP contribution in [0.15, 0.2) is 78.9 Å². The van der Waals surface area contributed by atoms with Gasteiger partial charge in [0, 0.05) is 11.5 Å². The van der Waals surface area contributed by atoms with E-state index in [1.54, 1.807) is 35.8 Å². The molecule has 164 valence electrons. The fourth-order valence-electron chi connectivity index (χ4n) is 3.46. The average Bonchev–Trinajstić information content (AvgIpc) is 2.85. The van der Waals surface area contributed by atoms with Crippen LogP contribution in [-0.2, 0) is 10.3 Å². The molecule has 0 bridgehead atoms. The van der Waals surface area contributed by atoms with Crippen molar-refractivity contribution in [2.24, 2.45) is 0 Å². The van der Waals surface area contributed by atoms with E-state index >= 15 is 0 Å². The van der Waals surface area contributed by atoms with Gasteiger partial charge in [-0.15, -0.1) is 0 Å². The molecule has 31 heavy (non-hydrogen) atoms. The molecule has 0 radical (unpaired) electrons. The first kappa shape index (κ1) is 23.5. The second kappa shape index (κ2) is 12.1. The van der Waals surface area contributed by atoms with Crippen molar-refractivity contribution in [1.29, 1.82) is 0 Å². The van der Waals surface area contributed by atoms with Crippen molar-refractivity contribution in [2.45, 2.75) is 5.60 Å². The van der Waals surface area contributed by atoms with Crippen molar-refractivity contribution in [1.82, 2.24) is 0 Å². The van der Waals surface area contributed by atoms with Crippen molar-refractivity contribution in [3.63, 3.8) is 0 Å². The predicted octanol–water partition coefficient (Wildman–Crippen LogP) is 5.39. The van der Waals surface area contributed by atoms with E-state index in [4.69, 9.17) is 19.3 Å². The molecule has 0 atom stereocenters. The molecule has 1 N–H and O–H groups in total. The summed E-state index contributed by atoms with van der Waals surface area (Å²) in [5, 5.41) is 9.00. The zero-order valence-electron chi connectivity index (χ0n) is 17.8. The second-order valence-corrected chi connectivity index (χ2v) is 9.42. The summed E-state index contributed by atoms with van der Waals surface area (Å²) in [5.41, 5.74) is 2.33. The van der Waals surface area contributed by atoms with Crippen LogP contribution >= 0.6 is 21.6 Å². The number of aliphatic hydroxyl groups is 1. The maximum atomic E-state index is 9.00. The van der Waals surface area contributed by atoms with Gasteiger partial charge in [0.15, 0.2) is 0 Å². The number of ether oxygens (including phenoxy) is 3. The first-order valence-corrected chi connectivity index (χ1v) is 12.6. The molecule has 0 saturated heterocycles. The van der Waals surface area contributed by atoms with E-state index in [0.717, 1.165) is 33.9 Å². The fraction of sp³-hybridized carbons (Fsp3) is 0.280. The summed E-state index contributed by atoms with van der Waals surface area (Å²) in [4.78, 5) is 0. The quantitative estimate of drug-likeness (QED) is 0.224. The molecule has 3 aromatic rings. The molecule has 4 nitrogen and oxygen atoms in total. The predicted molar refractivity (Wildman–Crippen MR) is 130 cm³/mol. The first-order valence-electron chi connectivity index (χ1n) is 10.1.